The Bertz CT molecular complexity index is 184. The molecule has 0 heterocycles. The summed E-state index contributed by atoms with van der Waals surface area (Å²) in [5.41, 5.74) is 0. The molecule has 0 unspecified atom stereocenters. The zero-order valence-corrected chi connectivity index (χ0v) is 18.8. The molecule has 0 saturated carbocycles. The van der Waals surface area contributed by atoms with Gasteiger partial charge in [-0.15, -0.1) is 0 Å². The van der Waals surface area contributed by atoms with Crippen molar-refractivity contribution in [2.75, 3.05) is 19.7 Å². The molecule has 5 heteroatoms. The third-order valence-corrected chi connectivity index (χ3v) is 5.66. The van der Waals surface area contributed by atoms with E-state index in [4.69, 9.17) is 3.32 Å². The average molecular weight is 404 g/mol. The Labute approximate surface area is 168 Å². The number of hydrogen-bond donors (Lipinski definition) is 0. The van der Waals surface area contributed by atoms with E-state index >= 15 is 0 Å². The fourth-order valence-electron chi connectivity index (χ4n) is 2.52. The van der Waals surface area contributed by atoms with Gasteiger partial charge in [-0.1, -0.05) is 0 Å². The van der Waals surface area contributed by atoms with Crippen LogP contribution in [0, 0.1) is 0 Å². The Morgan fingerprint density at radius 2 is 1.00 bits per heavy atom. The fraction of sp³-hybridized carbons (Fsp3) is 1.00. The van der Waals surface area contributed by atoms with Gasteiger partial charge in [0, 0.05) is 0 Å². The molecule has 0 fully saturated rings. The Kier molecular flexibility index (Phi) is 32.1. The normalized spacial score (nSPS) is 10.1. The summed E-state index contributed by atoms with van der Waals surface area (Å²) in [6.07, 6.45) is 16.8. The number of halogens is 2. The van der Waals surface area contributed by atoms with Crippen LogP contribution < -0.4 is 24.8 Å². The maximum atomic E-state index is 5.74. The Morgan fingerprint density at radius 3 is 1.39 bits per heavy atom. The summed E-state index contributed by atoms with van der Waals surface area (Å²) in [6.45, 7) is 10.1. The molecule has 0 aliphatic heterocycles. The van der Waals surface area contributed by atoms with Crippen molar-refractivity contribution in [2.24, 2.45) is 0 Å². The van der Waals surface area contributed by atoms with Crippen molar-refractivity contribution in [1.29, 1.82) is 0 Å². The summed E-state index contributed by atoms with van der Waals surface area (Å²) >= 11 is -0.303. The van der Waals surface area contributed by atoms with E-state index < -0.39 is 0 Å². The molecular weight excluding hydrogens is 365 g/mol. The molecule has 23 heavy (non-hydrogen) atoms. The van der Waals surface area contributed by atoms with Crippen molar-refractivity contribution in [3.05, 3.63) is 0 Å². The van der Waals surface area contributed by atoms with Gasteiger partial charge in [0.25, 0.3) is 0 Å². The van der Waals surface area contributed by atoms with Gasteiger partial charge in [-0.05, 0) is 0 Å². The second-order valence-electron chi connectivity index (χ2n) is 6.05. The van der Waals surface area contributed by atoms with Crippen LogP contribution in [0.5, 0.6) is 0 Å². The van der Waals surface area contributed by atoms with Gasteiger partial charge in [-0.2, -0.15) is 0 Å². The minimum Gasteiger partial charge on any atom is -1.00 e. The summed E-state index contributed by atoms with van der Waals surface area (Å²) in [4.78, 5) is 0. The van der Waals surface area contributed by atoms with E-state index in [1.165, 1.54) is 90.1 Å². The van der Waals surface area contributed by atoms with Crippen molar-refractivity contribution < 1.29 is 47.9 Å². The molecule has 0 aromatic heterocycles. The van der Waals surface area contributed by atoms with Gasteiger partial charge in [0.15, 0.2) is 0 Å². The molecule has 0 amide bonds. The van der Waals surface area contributed by atoms with Crippen molar-refractivity contribution in [1.82, 2.24) is 3.38 Å². The number of nitrogens with zero attached hydrogens (tertiary/aromatic N) is 1. The summed E-state index contributed by atoms with van der Waals surface area (Å²) in [6, 6.07) is 0. The smallest absolute Gasteiger partial charge is 1.00 e. The Morgan fingerprint density at radius 1 is 0.609 bits per heavy atom. The first-order chi connectivity index (χ1) is 10.3. The molecular formula is C18H39Cl2NOTi. The fourth-order valence-corrected chi connectivity index (χ4v) is 3.79. The van der Waals surface area contributed by atoms with Gasteiger partial charge < -0.3 is 24.8 Å². The van der Waals surface area contributed by atoms with E-state index in [9.17, 15) is 0 Å². The third-order valence-electron chi connectivity index (χ3n) is 3.90. The van der Waals surface area contributed by atoms with Gasteiger partial charge in [0.05, 0.1) is 0 Å². The van der Waals surface area contributed by atoms with Crippen LogP contribution in [-0.4, -0.2) is 23.1 Å². The third kappa shape index (κ3) is 23.2. The van der Waals surface area contributed by atoms with Crippen molar-refractivity contribution in [3.8, 4) is 0 Å². The van der Waals surface area contributed by atoms with E-state index in [0.29, 0.717) is 0 Å². The predicted molar refractivity (Wildman–Crippen MR) is 90.0 cm³/mol. The van der Waals surface area contributed by atoms with Crippen LogP contribution >= 0.6 is 0 Å². The Balaban J connectivity index is -0.00000200. The largest absolute Gasteiger partial charge is 1.00 e. The molecule has 0 spiro atoms. The molecule has 0 radical (unpaired) electrons. The zero-order chi connectivity index (χ0) is 15.6. The molecule has 0 aromatic carbocycles. The second-order valence-corrected chi connectivity index (χ2v) is 7.77. The minimum absolute atomic E-state index is 0. The van der Waals surface area contributed by atoms with Gasteiger partial charge in [-0.3, -0.25) is 0 Å². The maximum Gasteiger partial charge on any atom is -1.00 e. The van der Waals surface area contributed by atoms with Crippen LogP contribution in [0.3, 0.4) is 0 Å². The topological polar surface area (TPSA) is 12.5 Å². The van der Waals surface area contributed by atoms with Crippen molar-refractivity contribution in [2.45, 2.75) is 97.8 Å². The first kappa shape index (κ1) is 29.0. The van der Waals surface area contributed by atoms with Crippen molar-refractivity contribution >= 4 is 0 Å². The monoisotopic (exact) mass is 403 g/mol. The van der Waals surface area contributed by atoms with Crippen LogP contribution in [-0.2, 0) is 23.1 Å². The molecule has 2 nitrogen and oxygen atoms in total. The van der Waals surface area contributed by atoms with Gasteiger partial charge in [0.2, 0.25) is 0 Å². The Hall–Kier alpha value is 1.21. The second kappa shape index (κ2) is 25.5. The standard InChI is InChI=1S/C16H34N.C2H5O.2ClH.Ti/c1-3-5-7-9-11-13-15-17-16-14-12-10-8-6-4-2;1-2-3;;;/h3-16H2,1-2H3;2H2,1H3;2*1H;/q2*-1;;;+4/p-2. The van der Waals surface area contributed by atoms with Crippen LogP contribution in [0.4, 0.5) is 0 Å². The van der Waals surface area contributed by atoms with E-state index in [-0.39, 0.29) is 44.6 Å². The van der Waals surface area contributed by atoms with E-state index in [2.05, 4.69) is 24.2 Å². The molecule has 0 aliphatic carbocycles. The summed E-state index contributed by atoms with van der Waals surface area (Å²) in [5, 5.41) is 0. The van der Waals surface area contributed by atoms with Gasteiger partial charge >= 0.3 is 144 Å². The summed E-state index contributed by atoms with van der Waals surface area (Å²) in [7, 11) is 0. The molecule has 0 N–H and O–H groups in total. The van der Waals surface area contributed by atoms with E-state index in [0.717, 1.165) is 6.61 Å². The molecule has 0 bridgehead atoms. The molecule has 0 aromatic rings. The summed E-state index contributed by atoms with van der Waals surface area (Å²) in [5.74, 6) is 0. The van der Waals surface area contributed by atoms with Gasteiger partial charge in [0.1, 0.15) is 0 Å². The first-order valence-corrected chi connectivity index (χ1v) is 10.8. The zero-order valence-electron chi connectivity index (χ0n) is 15.7. The number of hydrogen-bond acceptors (Lipinski definition) is 2. The quantitative estimate of drug-likeness (QED) is 0.249. The van der Waals surface area contributed by atoms with Gasteiger partial charge in [-0.25, -0.2) is 0 Å². The predicted octanol–water partition coefficient (Wildman–Crippen LogP) is -0.0336. The van der Waals surface area contributed by atoms with Crippen LogP contribution in [0.1, 0.15) is 97.8 Å². The number of unbranched alkanes of at least 4 members (excludes halogenated alkanes) is 10. The molecule has 0 rings (SSSR count). The maximum absolute atomic E-state index is 5.74. The number of rotatable bonds is 17. The summed E-state index contributed by atoms with van der Waals surface area (Å²) < 4.78 is 8.38. The van der Waals surface area contributed by atoms with E-state index in [1.54, 1.807) is 0 Å². The SMILES string of the molecule is CCCCCCCC[N](CCCCCCCC)[Ti+2][O]CC.[Cl-].[Cl-]. The average Bonchev–Trinajstić information content (AvgIpc) is 2.50. The minimum atomic E-state index is -0.303. The molecule has 140 valence electrons. The first-order valence-electron chi connectivity index (χ1n) is 9.47. The molecule has 0 atom stereocenters. The molecule has 0 aliphatic rings. The van der Waals surface area contributed by atoms with Crippen LogP contribution in [0.15, 0.2) is 0 Å². The van der Waals surface area contributed by atoms with Crippen LogP contribution in [0.2, 0.25) is 0 Å². The van der Waals surface area contributed by atoms with Crippen molar-refractivity contribution in [3.63, 3.8) is 0 Å². The van der Waals surface area contributed by atoms with Crippen LogP contribution in [0.25, 0.3) is 0 Å². The van der Waals surface area contributed by atoms with E-state index in [1.807, 2.05) is 0 Å². The molecule has 0 saturated heterocycles.